The fraction of sp³-hybridized carbons (Fsp3) is 0.0667. The summed E-state index contributed by atoms with van der Waals surface area (Å²) in [6.45, 7) is 2.06. The smallest absolute Gasteiger partial charge is 0.130 e. The third-order valence-corrected chi connectivity index (χ3v) is 3.54. The number of allylic oxidation sites excluding steroid dienone is 1. The van der Waals surface area contributed by atoms with Crippen LogP contribution < -0.4 is 0 Å². The van der Waals surface area contributed by atoms with Gasteiger partial charge in [0.1, 0.15) is 17.7 Å². The van der Waals surface area contributed by atoms with Crippen LogP contribution in [-0.2, 0) is 0 Å². The molecule has 1 aromatic heterocycles. The van der Waals surface area contributed by atoms with Gasteiger partial charge in [-0.25, -0.2) is 0 Å². The Morgan fingerprint density at radius 1 is 1.11 bits per heavy atom. The summed E-state index contributed by atoms with van der Waals surface area (Å²) in [6, 6.07) is 15.7. The van der Waals surface area contributed by atoms with E-state index in [4.69, 9.17) is 10.5 Å². The van der Waals surface area contributed by atoms with E-state index in [-0.39, 0.29) is 5.57 Å². The van der Waals surface area contributed by atoms with Crippen LogP contribution in [0.5, 0.6) is 0 Å². The second-order valence-corrected chi connectivity index (χ2v) is 5.07. The highest BCUT2D eigenvalue weighted by Crippen LogP contribution is 2.31. The van der Waals surface area contributed by atoms with E-state index in [1.165, 1.54) is 4.88 Å². The van der Waals surface area contributed by atoms with Crippen LogP contribution in [0.2, 0.25) is 0 Å². The number of nitrogens with zero attached hydrogens (tertiary/aromatic N) is 2. The number of aryl methyl sites for hydroxylation is 1. The molecule has 0 aliphatic heterocycles. The van der Waals surface area contributed by atoms with E-state index >= 15 is 0 Å². The average Bonchev–Trinajstić information content (AvgIpc) is 2.83. The predicted octanol–water partition coefficient (Wildman–Crippen LogP) is 4.15. The number of rotatable bonds is 2. The van der Waals surface area contributed by atoms with Crippen LogP contribution in [0, 0.1) is 29.6 Å². The quantitative estimate of drug-likeness (QED) is 0.751. The molecule has 0 fully saturated rings. The van der Waals surface area contributed by atoms with Gasteiger partial charge >= 0.3 is 0 Å². The molecule has 1 aromatic carbocycles. The highest BCUT2D eigenvalue weighted by Gasteiger charge is 2.05. The normalized spacial score (nSPS) is 9.28. The van der Waals surface area contributed by atoms with E-state index in [0.29, 0.717) is 0 Å². The molecule has 18 heavy (non-hydrogen) atoms. The fourth-order valence-electron chi connectivity index (χ4n) is 1.67. The molecule has 86 valence electrons. The standard InChI is InChI=1S/C15H10N2S/c1-11-6-7-15(18-11)14-5-3-2-4-13(14)8-12(9-16)10-17/h2-8H,1H3. The van der Waals surface area contributed by atoms with Crippen LogP contribution in [0.4, 0.5) is 0 Å². The first-order chi connectivity index (χ1) is 8.74. The molecular formula is C15H10N2S. The Morgan fingerprint density at radius 3 is 2.44 bits per heavy atom. The van der Waals surface area contributed by atoms with Crippen molar-refractivity contribution in [2.45, 2.75) is 6.92 Å². The topological polar surface area (TPSA) is 47.6 Å². The molecule has 3 heteroatoms. The molecule has 2 aromatic rings. The first kappa shape index (κ1) is 12.1. The van der Waals surface area contributed by atoms with Crippen LogP contribution >= 0.6 is 11.3 Å². The molecule has 0 N–H and O–H groups in total. The number of hydrogen-bond acceptors (Lipinski definition) is 3. The van der Waals surface area contributed by atoms with Gasteiger partial charge in [0, 0.05) is 9.75 Å². The number of nitriles is 2. The minimum Gasteiger partial charge on any atom is -0.192 e. The van der Waals surface area contributed by atoms with Crippen molar-refractivity contribution in [3.8, 4) is 22.6 Å². The lowest BCUT2D eigenvalue weighted by molar-refractivity contribution is 1.47. The molecule has 0 saturated heterocycles. The van der Waals surface area contributed by atoms with Crippen molar-refractivity contribution in [3.05, 3.63) is 52.4 Å². The molecule has 0 saturated carbocycles. The minimum atomic E-state index is 0.121. The van der Waals surface area contributed by atoms with Gasteiger partial charge in [-0.15, -0.1) is 11.3 Å². The Bertz CT molecular complexity index is 665. The van der Waals surface area contributed by atoms with Gasteiger partial charge in [0.05, 0.1) is 0 Å². The minimum absolute atomic E-state index is 0.121. The van der Waals surface area contributed by atoms with Crippen LogP contribution in [0.1, 0.15) is 10.4 Å². The molecule has 2 rings (SSSR count). The van der Waals surface area contributed by atoms with Gasteiger partial charge in [-0.1, -0.05) is 24.3 Å². The number of thiophene rings is 1. The SMILES string of the molecule is Cc1ccc(-c2ccccc2C=C(C#N)C#N)s1. The second kappa shape index (κ2) is 5.31. The first-order valence-corrected chi connectivity index (χ1v) is 6.24. The Hall–Kier alpha value is -2.36. The summed E-state index contributed by atoms with van der Waals surface area (Å²) in [6.07, 6.45) is 1.63. The molecule has 0 amide bonds. The summed E-state index contributed by atoms with van der Waals surface area (Å²) in [5, 5.41) is 17.6. The molecule has 2 nitrogen and oxygen atoms in total. The van der Waals surface area contributed by atoms with Crippen molar-refractivity contribution in [2.75, 3.05) is 0 Å². The largest absolute Gasteiger partial charge is 0.192 e. The molecule has 0 bridgehead atoms. The van der Waals surface area contributed by atoms with Gasteiger partial charge in [0.15, 0.2) is 0 Å². The van der Waals surface area contributed by atoms with Crippen molar-refractivity contribution in [2.24, 2.45) is 0 Å². The molecule has 0 radical (unpaired) electrons. The van der Waals surface area contributed by atoms with E-state index in [1.807, 2.05) is 36.4 Å². The first-order valence-electron chi connectivity index (χ1n) is 5.42. The zero-order valence-electron chi connectivity index (χ0n) is 9.84. The lowest BCUT2D eigenvalue weighted by atomic mass is 10.0. The van der Waals surface area contributed by atoms with Crippen LogP contribution in [0.15, 0.2) is 42.0 Å². The van der Waals surface area contributed by atoms with E-state index in [0.717, 1.165) is 16.0 Å². The third-order valence-electron chi connectivity index (χ3n) is 2.51. The molecule has 0 unspecified atom stereocenters. The van der Waals surface area contributed by atoms with Gasteiger partial charge in [-0.2, -0.15) is 10.5 Å². The van der Waals surface area contributed by atoms with E-state index < -0.39 is 0 Å². The molecule has 0 aliphatic rings. The van der Waals surface area contributed by atoms with Crippen molar-refractivity contribution in [3.63, 3.8) is 0 Å². The van der Waals surface area contributed by atoms with Crippen LogP contribution in [0.25, 0.3) is 16.5 Å². The summed E-state index contributed by atoms with van der Waals surface area (Å²) < 4.78 is 0. The molecule has 0 spiro atoms. The van der Waals surface area contributed by atoms with Gasteiger partial charge in [-0.3, -0.25) is 0 Å². The Balaban J connectivity index is 2.55. The monoisotopic (exact) mass is 250 g/mol. The highest BCUT2D eigenvalue weighted by molar-refractivity contribution is 7.15. The average molecular weight is 250 g/mol. The Labute approximate surface area is 110 Å². The lowest BCUT2D eigenvalue weighted by Gasteiger charge is -2.02. The Morgan fingerprint density at radius 2 is 1.83 bits per heavy atom. The number of hydrogen-bond donors (Lipinski definition) is 0. The van der Waals surface area contributed by atoms with Gasteiger partial charge < -0.3 is 0 Å². The third kappa shape index (κ3) is 2.48. The van der Waals surface area contributed by atoms with E-state index in [9.17, 15) is 0 Å². The second-order valence-electron chi connectivity index (χ2n) is 3.78. The lowest BCUT2D eigenvalue weighted by Crippen LogP contribution is -1.81. The summed E-state index contributed by atoms with van der Waals surface area (Å²) >= 11 is 1.70. The van der Waals surface area contributed by atoms with Gasteiger partial charge in [-0.05, 0) is 36.3 Å². The molecule has 1 heterocycles. The summed E-state index contributed by atoms with van der Waals surface area (Å²) in [5.41, 5.74) is 2.08. The van der Waals surface area contributed by atoms with Crippen molar-refractivity contribution < 1.29 is 0 Å². The van der Waals surface area contributed by atoms with Gasteiger partial charge in [0.2, 0.25) is 0 Å². The van der Waals surface area contributed by atoms with E-state index in [1.54, 1.807) is 17.4 Å². The molecular weight excluding hydrogens is 240 g/mol. The van der Waals surface area contributed by atoms with Crippen LogP contribution in [0.3, 0.4) is 0 Å². The fourth-order valence-corrected chi connectivity index (χ4v) is 2.59. The predicted molar refractivity (Wildman–Crippen MR) is 73.7 cm³/mol. The number of benzene rings is 1. The maximum atomic E-state index is 8.81. The molecule has 0 aliphatic carbocycles. The maximum absolute atomic E-state index is 8.81. The van der Waals surface area contributed by atoms with E-state index in [2.05, 4.69) is 19.1 Å². The van der Waals surface area contributed by atoms with Crippen LogP contribution in [-0.4, -0.2) is 0 Å². The zero-order chi connectivity index (χ0) is 13.0. The van der Waals surface area contributed by atoms with Crippen molar-refractivity contribution >= 4 is 17.4 Å². The zero-order valence-corrected chi connectivity index (χ0v) is 10.7. The highest BCUT2D eigenvalue weighted by atomic mass is 32.1. The maximum Gasteiger partial charge on any atom is 0.130 e. The summed E-state index contributed by atoms with van der Waals surface area (Å²) in [5.74, 6) is 0. The summed E-state index contributed by atoms with van der Waals surface area (Å²) in [4.78, 5) is 2.39. The van der Waals surface area contributed by atoms with Gasteiger partial charge in [0.25, 0.3) is 0 Å². The molecule has 0 atom stereocenters. The van der Waals surface area contributed by atoms with Crippen molar-refractivity contribution in [1.82, 2.24) is 0 Å². The summed E-state index contributed by atoms with van der Waals surface area (Å²) in [7, 11) is 0. The Kier molecular flexibility index (Phi) is 3.57. The van der Waals surface area contributed by atoms with Crippen molar-refractivity contribution in [1.29, 1.82) is 10.5 Å².